The summed E-state index contributed by atoms with van der Waals surface area (Å²) >= 11 is 0. The molecule has 0 rings (SSSR count). The topological polar surface area (TPSA) is 57.5 Å². The van der Waals surface area contributed by atoms with Gasteiger partial charge in [-0.15, -0.1) is 0 Å². The van der Waals surface area contributed by atoms with Crippen LogP contribution in [0, 0.1) is 0 Å². The van der Waals surface area contributed by atoms with Gasteiger partial charge < -0.3 is 12.4 Å². The van der Waals surface area contributed by atoms with Gasteiger partial charge in [-0.3, -0.25) is 4.46 Å². The quantitative estimate of drug-likeness (QED) is 0.454. The Morgan fingerprint density at radius 2 is 1.50 bits per heavy atom. The van der Waals surface area contributed by atoms with Crippen molar-refractivity contribution in [2.24, 2.45) is 0 Å². The number of hydrogen-bond donors (Lipinski definition) is 2. The Kier molecular flexibility index (Phi) is 25.7. The Labute approximate surface area is 86.6 Å². The maximum atomic E-state index is 8.74. The van der Waals surface area contributed by atoms with Gasteiger partial charge >= 0.3 is 70.8 Å². The van der Waals surface area contributed by atoms with Gasteiger partial charge in [0.15, 0.2) is 0 Å². The van der Waals surface area contributed by atoms with E-state index in [4.69, 9.17) is 14.1 Å². The Hall–Kier alpha value is 1.68. The van der Waals surface area contributed by atoms with Crippen LogP contribution in [-0.4, -0.2) is 80.4 Å². The predicted octanol–water partition coefficient (Wildman–Crippen LogP) is -2.69. The molecule has 0 fully saturated rings. The molecule has 6 heteroatoms. The summed E-state index contributed by atoms with van der Waals surface area (Å²) in [7, 11) is -3.13. The zero-order valence-electron chi connectivity index (χ0n) is 5.22. The summed E-state index contributed by atoms with van der Waals surface area (Å²) in [5.41, 5.74) is 0. The molecule has 2 radical (unpaired) electrons. The van der Waals surface area contributed by atoms with E-state index in [0.717, 1.165) is 0 Å². The molecule has 0 aliphatic rings. The van der Waals surface area contributed by atoms with Crippen LogP contribution in [0.3, 0.4) is 0 Å². The van der Waals surface area contributed by atoms with Crippen LogP contribution < -0.4 is 0 Å². The zero-order valence-corrected chi connectivity index (χ0v) is 10.5. The maximum absolute atomic E-state index is 8.74. The molecule has 0 heterocycles. The van der Waals surface area contributed by atoms with E-state index in [-0.39, 0.29) is 64.5 Å². The summed E-state index contributed by atoms with van der Waals surface area (Å²) < 4.78 is 8.74. The van der Waals surface area contributed by atoms with Crippen LogP contribution in [0.2, 0.25) is 0 Å². The fourth-order valence-electron chi connectivity index (χ4n) is 0. The second kappa shape index (κ2) is 9.84. The van der Waals surface area contributed by atoms with Gasteiger partial charge in [0.25, 0.3) is 0 Å². The third-order valence-electron chi connectivity index (χ3n) is 0. The third-order valence-corrected chi connectivity index (χ3v) is 0. The molecule has 0 saturated carbocycles. The van der Waals surface area contributed by atoms with Gasteiger partial charge in [0.05, 0.1) is 0 Å². The molecule has 0 aliphatic heterocycles. The van der Waals surface area contributed by atoms with Crippen LogP contribution in [0.5, 0.6) is 0 Å². The average Bonchev–Trinajstić information content (AvgIpc) is 0.811. The second-order valence-corrected chi connectivity index (χ2v) is 0.848. The molecule has 0 aromatic carbocycles. The van der Waals surface area contributed by atoms with Crippen LogP contribution in [0.15, 0.2) is 0 Å². The van der Waals surface area contributed by atoms with Gasteiger partial charge in [0, 0.05) is 0 Å². The molecule has 2 N–H and O–H groups in total. The normalized spacial score (nSPS) is 4.00. The van der Waals surface area contributed by atoms with Crippen molar-refractivity contribution in [3.05, 3.63) is 0 Å². The van der Waals surface area contributed by atoms with Crippen LogP contribution >= 0.6 is 0 Å². The van der Waals surface area contributed by atoms with E-state index in [9.17, 15) is 0 Å². The molecule has 0 bridgehead atoms. The van der Waals surface area contributed by atoms with E-state index in [0.29, 0.717) is 0 Å². The summed E-state index contributed by atoms with van der Waals surface area (Å²) in [5.74, 6) is 0. The van der Waals surface area contributed by atoms with Gasteiger partial charge in [-0.1, -0.05) is 0 Å². The molecular weight excluding hydrogens is 235 g/mol. The standard InChI is InChI=1S/Ca.H2O3Si.Sn.4H/c;1-4(2)3;;;;;/h;1-2H;;;;;/q+2;;;;;2*-1. The minimum atomic E-state index is -3.13. The van der Waals surface area contributed by atoms with Crippen molar-refractivity contribution in [3.63, 3.8) is 0 Å². The van der Waals surface area contributed by atoms with E-state index in [1.54, 1.807) is 0 Å². The van der Waals surface area contributed by atoms with Gasteiger partial charge in [-0.05, 0) is 0 Å². The van der Waals surface area contributed by atoms with Gasteiger partial charge in [0.2, 0.25) is 0 Å². The Bertz CT molecular complexity index is 40.3. The summed E-state index contributed by atoms with van der Waals surface area (Å²) in [6.45, 7) is 0. The molecule has 34 valence electrons. The first-order valence-corrected chi connectivity index (χ1v) is 1.95. The second-order valence-electron chi connectivity index (χ2n) is 0.283. The van der Waals surface area contributed by atoms with Crippen LogP contribution in [0.25, 0.3) is 0 Å². The van der Waals surface area contributed by atoms with E-state index in [2.05, 4.69) is 0 Å². The molecule has 0 aliphatic carbocycles. The predicted molar refractivity (Wildman–Crippen MR) is 27.4 cm³/mol. The molecule has 0 atom stereocenters. The molecule has 0 spiro atoms. The SMILES string of the molecule is O=[Si](O)O.[Ca+2].[H-].[H-].[SnH2]. The molecule has 0 saturated heterocycles. The van der Waals surface area contributed by atoms with Gasteiger partial charge in [-0.2, -0.15) is 0 Å². The molecule has 0 unspecified atom stereocenters. The van der Waals surface area contributed by atoms with Crippen LogP contribution in [-0.2, 0) is 4.46 Å². The van der Waals surface area contributed by atoms with Crippen molar-refractivity contribution >= 4 is 70.8 Å². The van der Waals surface area contributed by atoms with Crippen LogP contribution in [0.4, 0.5) is 0 Å². The summed E-state index contributed by atoms with van der Waals surface area (Å²) in [6.07, 6.45) is 0. The first kappa shape index (κ1) is 15.6. The van der Waals surface area contributed by atoms with Gasteiger partial charge in [-0.25, -0.2) is 0 Å². The van der Waals surface area contributed by atoms with E-state index < -0.39 is 9.17 Å². The average molecular weight is 241 g/mol. The molecule has 0 amide bonds. The van der Waals surface area contributed by atoms with Crippen molar-refractivity contribution in [1.82, 2.24) is 0 Å². The molecule has 0 aromatic rings. The van der Waals surface area contributed by atoms with Crippen molar-refractivity contribution in [1.29, 1.82) is 0 Å². The van der Waals surface area contributed by atoms with Crippen molar-refractivity contribution in [2.45, 2.75) is 0 Å². The fraction of sp³-hybridized carbons (Fsp3) is 0. The summed E-state index contributed by atoms with van der Waals surface area (Å²) in [6, 6.07) is 0. The molecule has 6 heavy (non-hydrogen) atoms. The Morgan fingerprint density at radius 1 is 1.50 bits per heavy atom. The fourth-order valence-corrected chi connectivity index (χ4v) is 0. The van der Waals surface area contributed by atoms with E-state index in [1.807, 2.05) is 0 Å². The third kappa shape index (κ3) is 44.2. The first-order chi connectivity index (χ1) is 1.73. The monoisotopic (exact) mass is 242 g/mol. The van der Waals surface area contributed by atoms with Crippen LogP contribution in [0.1, 0.15) is 2.85 Å². The minimum absolute atomic E-state index is 0. The Morgan fingerprint density at radius 3 is 1.50 bits per heavy atom. The molecule has 0 aromatic heterocycles. The van der Waals surface area contributed by atoms with Gasteiger partial charge in [0.1, 0.15) is 0 Å². The van der Waals surface area contributed by atoms with E-state index in [1.165, 1.54) is 0 Å². The number of hydrogen-bond acceptors (Lipinski definition) is 1. The zero-order chi connectivity index (χ0) is 3.58. The molecular formula is H6CaO3SiSn. The van der Waals surface area contributed by atoms with Crippen molar-refractivity contribution < 1.29 is 16.9 Å². The molecule has 3 nitrogen and oxygen atoms in total. The van der Waals surface area contributed by atoms with E-state index >= 15 is 0 Å². The van der Waals surface area contributed by atoms with Crippen molar-refractivity contribution in [2.75, 3.05) is 0 Å². The van der Waals surface area contributed by atoms with Crippen molar-refractivity contribution in [3.8, 4) is 0 Å². The number of rotatable bonds is 0. The Balaban J connectivity index is -0.00000000750. The summed E-state index contributed by atoms with van der Waals surface area (Å²) in [5, 5.41) is 0. The first-order valence-electron chi connectivity index (χ1n) is 0.651. The summed E-state index contributed by atoms with van der Waals surface area (Å²) in [4.78, 5) is 14.3.